The van der Waals surface area contributed by atoms with E-state index in [1.165, 1.54) is 64.2 Å². The third-order valence-corrected chi connectivity index (χ3v) is 5.07. The van der Waals surface area contributed by atoms with E-state index >= 15 is 0 Å². The van der Waals surface area contributed by atoms with Crippen LogP contribution in [0.2, 0.25) is 0 Å². The quantitative estimate of drug-likeness (QED) is 0.428. The molecule has 1 fully saturated rings. The number of hydrogen-bond acceptors (Lipinski definition) is 4. The molecule has 6 nitrogen and oxygen atoms in total. The largest absolute Gasteiger partial charge is 3.00 e. The van der Waals surface area contributed by atoms with Gasteiger partial charge in [0.1, 0.15) is 0 Å². The Morgan fingerprint density at radius 1 is 0.939 bits per heavy atom. The smallest absolute Gasteiger partial charge is 0.852 e. The molecule has 2 amide bonds. The Labute approximate surface area is 220 Å². The second-order valence-electron chi connectivity index (χ2n) is 9.30. The van der Waals surface area contributed by atoms with Crippen molar-refractivity contribution >= 4 is 11.8 Å². The summed E-state index contributed by atoms with van der Waals surface area (Å²) in [6, 6.07) is 0.440. The Kier molecular flexibility index (Phi) is 31.6. The van der Waals surface area contributed by atoms with Crippen molar-refractivity contribution in [3.8, 4) is 0 Å². The van der Waals surface area contributed by atoms with Crippen LogP contribution in [0.3, 0.4) is 0 Å². The average Bonchev–Trinajstić information content (AvgIpc) is 2.70. The molecule has 0 saturated heterocycles. The van der Waals surface area contributed by atoms with Crippen molar-refractivity contribution < 1.29 is 41.5 Å². The molecule has 1 unspecified atom stereocenters. The van der Waals surface area contributed by atoms with Gasteiger partial charge in [-0.15, -0.1) is 12.2 Å². The summed E-state index contributed by atoms with van der Waals surface area (Å²) in [5.41, 5.74) is 6.71. The van der Waals surface area contributed by atoms with E-state index < -0.39 is 18.1 Å². The zero-order valence-electron chi connectivity index (χ0n) is 22.9. The molecule has 1 aliphatic rings. The van der Waals surface area contributed by atoms with Gasteiger partial charge in [0.2, 0.25) is 5.91 Å². The monoisotopic (exact) mass is 505 g/mol. The molecule has 0 aliphatic heterocycles. The molecule has 195 valence electrons. The minimum atomic E-state index is -0.495. The van der Waals surface area contributed by atoms with Gasteiger partial charge in [0, 0.05) is 18.4 Å². The van der Waals surface area contributed by atoms with Crippen LogP contribution in [0, 0.1) is 5.41 Å². The summed E-state index contributed by atoms with van der Waals surface area (Å²) in [5.74, 6) is -0.267. The molecular formula is C26H53N2O4Ti. The zero-order valence-corrected chi connectivity index (χ0v) is 24.4. The van der Waals surface area contributed by atoms with Crippen LogP contribution in [0.4, 0.5) is 0 Å². The van der Waals surface area contributed by atoms with E-state index in [9.17, 15) is 19.8 Å². The fraction of sp³-hybridized carbons (Fsp3) is 0.923. The molecular weight excluding hydrogens is 452 g/mol. The maximum Gasteiger partial charge on any atom is 3.00 e. The molecule has 1 radical (unpaired) electrons. The molecule has 1 atom stereocenters. The van der Waals surface area contributed by atoms with Crippen LogP contribution in [0.5, 0.6) is 0 Å². The first-order chi connectivity index (χ1) is 14.9. The minimum Gasteiger partial charge on any atom is -0.852 e. The Balaban J connectivity index is -0.000000247. The summed E-state index contributed by atoms with van der Waals surface area (Å²) in [4.78, 5) is 21.1. The van der Waals surface area contributed by atoms with Gasteiger partial charge in [0.15, 0.2) is 0 Å². The van der Waals surface area contributed by atoms with E-state index in [1.54, 1.807) is 34.6 Å². The molecule has 0 bridgehead atoms. The minimum absolute atomic E-state index is 0. The molecule has 2 N–H and O–H groups in total. The van der Waals surface area contributed by atoms with E-state index in [1.807, 2.05) is 6.92 Å². The maximum absolute atomic E-state index is 11.6. The molecule has 0 aromatic rings. The van der Waals surface area contributed by atoms with Gasteiger partial charge < -0.3 is 26.1 Å². The van der Waals surface area contributed by atoms with Gasteiger partial charge in [-0.25, -0.2) is 0 Å². The summed E-state index contributed by atoms with van der Waals surface area (Å²) in [6.07, 6.45) is 13.2. The van der Waals surface area contributed by atoms with Crippen molar-refractivity contribution in [2.45, 2.75) is 151 Å². The average molecular weight is 506 g/mol. The third-order valence-electron chi connectivity index (χ3n) is 5.07. The fourth-order valence-electron chi connectivity index (χ4n) is 3.59. The van der Waals surface area contributed by atoms with Crippen molar-refractivity contribution in [1.82, 2.24) is 5.32 Å². The van der Waals surface area contributed by atoms with Gasteiger partial charge in [0.25, 0.3) is 0 Å². The van der Waals surface area contributed by atoms with Crippen LogP contribution in [0.15, 0.2) is 0 Å². The number of nitrogens with one attached hydrogen (secondary N) is 2. The molecule has 0 heterocycles. The Bertz CT molecular complexity index is 426. The van der Waals surface area contributed by atoms with Gasteiger partial charge in [0.05, 0.1) is 0 Å². The number of hydrogen-bond donors (Lipinski definition) is 1. The van der Waals surface area contributed by atoms with Crippen molar-refractivity contribution in [2.75, 3.05) is 0 Å². The molecule has 0 aromatic heterocycles. The Hall–Kier alpha value is -0.426. The first kappa shape index (κ1) is 39.8. The SMILES string of the molecule is CC(C)[O-].CC(C)[O-].CCC([NH-])=O.CCCCC1(CCCC)CCCC(NC(=O)CC)C1.[Ti+3]. The van der Waals surface area contributed by atoms with Crippen LogP contribution in [-0.4, -0.2) is 30.1 Å². The molecule has 1 rings (SSSR count). The standard InChI is InChI=1S/C17H33NO.C3H7NO.2C3H7O.Ti/c1-4-7-11-17(12-8-5-2)13-9-10-15(14-17)18-16(19)6-3;1-2-3(4)5;2*1-3(2)4;/h15H,4-14H2,1-3H3,(H,18,19);2H2,1H3,(H2,4,5);2*3H,1-2H3;/q;;2*-1;+3/p-1. The predicted molar refractivity (Wildman–Crippen MR) is 132 cm³/mol. The Morgan fingerprint density at radius 3 is 1.64 bits per heavy atom. The number of carbonyl (C=O) groups is 2. The van der Waals surface area contributed by atoms with Crippen molar-refractivity contribution in [1.29, 1.82) is 0 Å². The van der Waals surface area contributed by atoms with Crippen LogP contribution in [-0.2, 0) is 31.3 Å². The number of carbonyl (C=O) groups excluding carboxylic acids is 2. The molecule has 1 saturated carbocycles. The topological polar surface area (TPSA) is 116 Å². The van der Waals surface area contributed by atoms with Crippen LogP contribution >= 0.6 is 0 Å². The van der Waals surface area contributed by atoms with E-state index in [0.717, 1.165) is 0 Å². The first-order valence-electron chi connectivity index (χ1n) is 12.7. The van der Waals surface area contributed by atoms with Gasteiger partial charge in [-0.2, -0.15) is 0 Å². The molecule has 0 aromatic carbocycles. The van der Waals surface area contributed by atoms with E-state index in [4.69, 9.17) is 5.73 Å². The van der Waals surface area contributed by atoms with Crippen LogP contribution in [0.1, 0.15) is 132 Å². The molecule has 33 heavy (non-hydrogen) atoms. The van der Waals surface area contributed by atoms with Gasteiger partial charge in [-0.1, -0.05) is 87.5 Å². The van der Waals surface area contributed by atoms with Crippen LogP contribution in [0.25, 0.3) is 5.73 Å². The van der Waals surface area contributed by atoms with Crippen LogP contribution < -0.4 is 15.5 Å². The van der Waals surface area contributed by atoms with Crippen molar-refractivity contribution in [2.24, 2.45) is 5.41 Å². The summed E-state index contributed by atoms with van der Waals surface area (Å²) in [7, 11) is 0. The fourth-order valence-corrected chi connectivity index (χ4v) is 3.59. The molecule has 0 spiro atoms. The van der Waals surface area contributed by atoms with Gasteiger partial charge in [-0.3, -0.25) is 4.79 Å². The van der Waals surface area contributed by atoms with E-state index in [2.05, 4.69) is 19.2 Å². The Morgan fingerprint density at radius 2 is 1.33 bits per heavy atom. The molecule has 7 heteroatoms. The number of amides is 2. The summed E-state index contributed by atoms with van der Waals surface area (Å²) < 4.78 is 0. The maximum atomic E-state index is 11.6. The van der Waals surface area contributed by atoms with Gasteiger partial charge in [-0.05, 0) is 43.9 Å². The summed E-state index contributed by atoms with van der Waals surface area (Å²) >= 11 is 0. The predicted octanol–water partition coefficient (Wildman–Crippen LogP) is 5.30. The first-order valence-corrected chi connectivity index (χ1v) is 12.7. The second kappa shape index (κ2) is 26.2. The summed E-state index contributed by atoms with van der Waals surface area (Å²) in [6.45, 7) is 14.6. The number of rotatable bonds is 9. The third kappa shape index (κ3) is 31.6. The van der Waals surface area contributed by atoms with E-state index in [0.29, 0.717) is 24.3 Å². The summed E-state index contributed by atoms with van der Waals surface area (Å²) in [5, 5.41) is 22.3. The number of unbranched alkanes of at least 4 members (excludes halogenated alkanes) is 2. The van der Waals surface area contributed by atoms with E-state index in [-0.39, 0.29) is 27.6 Å². The van der Waals surface area contributed by atoms with Gasteiger partial charge >= 0.3 is 21.7 Å². The second-order valence-corrected chi connectivity index (χ2v) is 9.30. The van der Waals surface area contributed by atoms with Crippen molar-refractivity contribution in [3.05, 3.63) is 5.73 Å². The van der Waals surface area contributed by atoms with Crippen molar-refractivity contribution in [3.63, 3.8) is 0 Å². The normalized spacial score (nSPS) is 16.1. The molecule has 1 aliphatic carbocycles. The zero-order chi connectivity index (χ0) is 25.6.